The van der Waals surface area contributed by atoms with Crippen molar-refractivity contribution in [2.24, 2.45) is 0 Å². The van der Waals surface area contributed by atoms with Gasteiger partial charge in [-0.1, -0.05) is 0 Å². The molecule has 0 fully saturated rings. The molecule has 1 aliphatic carbocycles. The third-order valence-corrected chi connectivity index (χ3v) is 3.61. The third-order valence-electron chi connectivity index (χ3n) is 3.61. The van der Waals surface area contributed by atoms with E-state index in [1.165, 1.54) is 10.6 Å². The molecule has 2 rings (SSSR count). The average molecular weight is 262 g/mol. The summed E-state index contributed by atoms with van der Waals surface area (Å²) >= 11 is 0. The summed E-state index contributed by atoms with van der Waals surface area (Å²) in [6.07, 6.45) is 1.95. The van der Waals surface area contributed by atoms with E-state index in [-0.39, 0.29) is 23.8 Å². The maximum Gasteiger partial charge on any atom is 0.251 e. The monoisotopic (exact) mass is 262 g/mol. The van der Waals surface area contributed by atoms with Crippen molar-refractivity contribution in [1.82, 2.24) is 9.47 Å². The number of carbonyl (C=O) groups excluding carboxylic acids is 2. The highest BCUT2D eigenvalue weighted by Gasteiger charge is 2.22. The topological polar surface area (TPSA) is 59.4 Å². The van der Waals surface area contributed by atoms with E-state index in [0.717, 1.165) is 6.42 Å². The van der Waals surface area contributed by atoms with E-state index in [1.807, 2.05) is 6.92 Å². The minimum Gasteiger partial charge on any atom is -0.344 e. The lowest BCUT2D eigenvalue weighted by Crippen LogP contribution is -2.36. The Morgan fingerprint density at radius 1 is 1.32 bits per heavy atom. The highest BCUT2D eigenvalue weighted by Crippen LogP contribution is 2.19. The van der Waals surface area contributed by atoms with Gasteiger partial charge in [0, 0.05) is 37.3 Å². The molecule has 5 heteroatoms. The summed E-state index contributed by atoms with van der Waals surface area (Å²) in [6.45, 7) is 2.49. The van der Waals surface area contributed by atoms with Gasteiger partial charge in [0.2, 0.25) is 5.91 Å². The number of rotatable bonds is 3. The van der Waals surface area contributed by atoms with Gasteiger partial charge in [0.25, 0.3) is 5.56 Å². The molecule has 0 saturated heterocycles. The summed E-state index contributed by atoms with van der Waals surface area (Å²) in [7, 11) is 1.70. The average Bonchev–Trinajstić information content (AvgIpc) is 2.41. The van der Waals surface area contributed by atoms with Crippen LogP contribution < -0.4 is 5.56 Å². The lowest BCUT2D eigenvalue weighted by molar-refractivity contribution is -0.130. The van der Waals surface area contributed by atoms with Gasteiger partial charge in [-0.3, -0.25) is 14.4 Å². The molecular formula is C14H18N2O3. The Balaban J connectivity index is 2.40. The van der Waals surface area contributed by atoms with E-state index in [1.54, 1.807) is 18.0 Å². The van der Waals surface area contributed by atoms with Gasteiger partial charge in [-0.05, 0) is 25.8 Å². The number of Topliss-reactive ketones (excluding diaryl/α,β-unsaturated/α-hetero) is 1. The van der Waals surface area contributed by atoms with Gasteiger partial charge in [-0.25, -0.2) is 0 Å². The molecule has 1 aliphatic rings. The summed E-state index contributed by atoms with van der Waals surface area (Å²) in [5.41, 5.74) is 1.09. The standard InChI is InChI=1S/C14H18N2O3/c1-3-15(2)14(19)9-16-11-5-4-6-12(17)10(11)7-8-13(16)18/h7-8H,3-6,9H2,1-2H3. The molecule has 1 aromatic rings. The van der Waals surface area contributed by atoms with Gasteiger partial charge in [-0.15, -0.1) is 0 Å². The lowest BCUT2D eigenvalue weighted by Gasteiger charge is -2.21. The molecule has 0 atom stereocenters. The number of carbonyl (C=O) groups is 2. The zero-order chi connectivity index (χ0) is 14.0. The van der Waals surface area contributed by atoms with Gasteiger partial charge < -0.3 is 9.47 Å². The molecule has 0 radical (unpaired) electrons. The van der Waals surface area contributed by atoms with Crippen molar-refractivity contribution in [2.75, 3.05) is 13.6 Å². The van der Waals surface area contributed by atoms with Crippen LogP contribution in [0.4, 0.5) is 0 Å². The number of hydrogen-bond acceptors (Lipinski definition) is 3. The number of nitrogens with zero attached hydrogens (tertiary/aromatic N) is 2. The fourth-order valence-corrected chi connectivity index (χ4v) is 2.30. The normalized spacial score (nSPS) is 14.1. The van der Waals surface area contributed by atoms with Crippen LogP contribution in [0.2, 0.25) is 0 Å². The molecule has 0 aliphatic heterocycles. The van der Waals surface area contributed by atoms with Crippen molar-refractivity contribution in [2.45, 2.75) is 32.7 Å². The molecule has 19 heavy (non-hydrogen) atoms. The first-order chi connectivity index (χ1) is 9.04. The second kappa shape index (κ2) is 5.38. The molecule has 0 spiro atoms. The number of likely N-dealkylation sites (N-methyl/N-ethyl adjacent to an activating group) is 1. The number of fused-ring (bicyclic) bond motifs is 1. The van der Waals surface area contributed by atoms with Crippen molar-refractivity contribution in [3.8, 4) is 0 Å². The third kappa shape index (κ3) is 2.59. The van der Waals surface area contributed by atoms with Crippen LogP contribution in [0.25, 0.3) is 0 Å². The zero-order valence-corrected chi connectivity index (χ0v) is 11.3. The molecule has 1 aromatic heterocycles. The summed E-state index contributed by atoms with van der Waals surface area (Å²) in [4.78, 5) is 37.2. The predicted molar refractivity (Wildman–Crippen MR) is 71.3 cm³/mol. The van der Waals surface area contributed by atoms with Crippen LogP contribution in [-0.4, -0.2) is 34.7 Å². The summed E-state index contributed by atoms with van der Waals surface area (Å²) in [5.74, 6) is -0.0534. The molecule has 0 unspecified atom stereocenters. The quantitative estimate of drug-likeness (QED) is 0.811. The number of ketones is 1. The predicted octanol–water partition coefficient (Wildman–Crippen LogP) is 0.846. The minimum atomic E-state index is -0.216. The Kier molecular flexibility index (Phi) is 3.83. The van der Waals surface area contributed by atoms with Crippen molar-refractivity contribution < 1.29 is 9.59 Å². The second-order valence-electron chi connectivity index (χ2n) is 4.80. The Labute approximate surface area is 111 Å². The van der Waals surface area contributed by atoms with Gasteiger partial charge in [0.1, 0.15) is 6.54 Å². The lowest BCUT2D eigenvalue weighted by atomic mass is 9.94. The Morgan fingerprint density at radius 3 is 2.74 bits per heavy atom. The largest absolute Gasteiger partial charge is 0.344 e. The van der Waals surface area contributed by atoms with E-state index < -0.39 is 0 Å². The molecule has 102 valence electrons. The molecule has 1 amide bonds. The number of amides is 1. The highest BCUT2D eigenvalue weighted by molar-refractivity contribution is 5.98. The first-order valence-corrected chi connectivity index (χ1v) is 6.54. The number of pyridine rings is 1. The maximum absolute atomic E-state index is 11.9. The Morgan fingerprint density at radius 2 is 2.05 bits per heavy atom. The fraction of sp³-hybridized carbons (Fsp3) is 0.500. The van der Waals surface area contributed by atoms with Crippen molar-refractivity contribution in [1.29, 1.82) is 0 Å². The molecular weight excluding hydrogens is 244 g/mol. The van der Waals surface area contributed by atoms with Crippen LogP contribution in [0.5, 0.6) is 0 Å². The first-order valence-electron chi connectivity index (χ1n) is 6.54. The SMILES string of the molecule is CCN(C)C(=O)Cn1c2c(ccc1=O)C(=O)CCC2. The summed E-state index contributed by atoms with van der Waals surface area (Å²) in [5, 5.41) is 0. The maximum atomic E-state index is 11.9. The van der Waals surface area contributed by atoms with Gasteiger partial charge >= 0.3 is 0 Å². The van der Waals surface area contributed by atoms with E-state index in [0.29, 0.717) is 30.6 Å². The highest BCUT2D eigenvalue weighted by atomic mass is 16.2. The van der Waals surface area contributed by atoms with Gasteiger partial charge in [0.15, 0.2) is 5.78 Å². The van der Waals surface area contributed by atoms with Crippen molar-refractivity contribution in [3.05, 3.63) is 33.7 Å². The van der Waals surface area contributed by atoms with E-state index >= 15 is 0 Å². The van der Waals surface area contributed by atoms with Crippen LogP contribution in [0.3, 0.4) is 0 Å². The fourth-order valence-electron chi connectivity index (χ4n) is 2.30. The molecule has 0 bridgehead atoms. The molecule has 5 nitrogen and oxygen atoms in total. The Hall–Kier alpha value is -1.91. The van der Waals surface area contributed by atoms with Gasteiger partial charge in [-0.2, -0.15) is 0 Å². The molecule has 0 aromatic carbocycles. The first kappa shape index (κ1) is 13.5. The number of hydrogen-bond donors (Lipinski definition) is 0. The van der Waals surface area contributed by atoms with E-state index in [9.17, 15) is 14.4 Å². The molecule has 0 saturated carbocycles. The van der Waals surface area contributed by atoms with E-state index in [2.05, 4.69) is 0 Å². The number of aromatic nitrogens is 1. The van der Waals surface area contributed by atoms with Crippen LogP contribution in [-0.2, 0) is 17.8 Å². The molecule has 0 N–H and O–H groups in total. The van der Waals surface area contributed by atoms with Crippen molar-refractivity contribution in [3.63, 3.8) is 0 Å². The summed E-state index contributed by atoms with van der Waals surface area (Å²) < 4.78 is 1.45. The smallest absolute Gasteiger partial charge is 0.251 e. The zero-order valence-electron chi connectivity index (χ0n) is 11.3. The molecule has 1 heterocycles. The second-order valence-corrected chi connectivity index (χ2v) is 4.80. The van der Waals surface area contributed by atoms with Crippen LogP contribution >= 0.6 is 0 Å². The minimum absolute atomic E-state index is 0.0135. The Bertz CT molecular complexity index is 575. The summed E-state index contributed by atoms with van der Waals surface area (Å²) in [6, 6.07) is 2.96. The van der Waals surface area contributed by atoms with Crippen LogP contribution in [0.1, 0.15) is 35.8 Å². The van der Waals surface area contributed by atoms with E-state index in [4.69, 9.17) is 0 Å². The van der Waals surface area contributed by atoms with Crippen LogP contribution in [0.15, 0.2) is 16.9 Å². The van der Waals surface area contributed by atoms with Crippen molar-refractivity contribution >= 4 is 11.7 Å². The van der Waals surface area contributed by atoms with Crippen LogP contribution in [0, 0.1) is 0 Å². The van der Waals surface area contributed by atoms with Gasteiger partial charge in [0.05, 0.1) is 0 Å².